The quantitative estimate of drug-likeness (QED) is 0.284. The number of hydrogen-bond acceptors (Lipinski definition) is 8. The maximum atomic E-state index is 9.55. The van der Waals surface area contributed by atoms with Gasteiger partial charge in [0.15, 0.2) is 0 Å². The number of aromatic hydroxyl groups is 1. The molecule has 0 spiro atoms. The highest BCUT2D eigenvalue weighted by molar-refractivity contribution is 5.89. The van der Waals surface area contributed by atoms with Crippen LogP contribution in [0.5, 0.6) is 11.6 Å². The van der Waals surface area contributed by atoms with Crippen LogP contribution in [0.25, 0.3) is 11.3 Å². The van der Waals surface area contributed by atoms with Crippen LogP contribution < -0.4 is 9.64 Å². The Morgan fingerprint density at radius 3 is 2.16 bits per heavy atom. The number of anilines is 1. The van der Waals surface area contributed by atoms with Crippen molar-refractivity contribution in [1.29, 1.82) is 0 Å². The fourth-order valence-electron chi connectivity index (χ4n) is 3.87. The number of aromatic nitrogens is 2. The Labute approximate surface area is 221 Å². The van der Waals surface area contributed by atoms with E-state index >= 15 is 0 Å². The number of carboxylic acid groups (broad SMARTS) is 2. The zero-order valence-electron chi connectivity index (χ0n) is 21.2. The van der Waals surface area contributed by atoms with Gasteiger partial charge in [-0.3, -0.25) is 4.90 Å². The van der Waals surface area contributed by atoms with E-state index in [0.717, 1.165) is 50.4 Å². The summed E-state index contributed by atoms with van der Waals surface area (Å²) in [7, 11) is 0. The van der Waals surface area contributed by atoms with Crippen LogP contribution in [0.3, 0.4) is 0 Å². The topological polar surface area (TPSA) is 136 Å². The summed E-state index contributed by atoms with van der Waals surface area (Å²) in [6.07, 6.45) is 2.08. The molecule has 0 radical (unpaired) electrons. The van der Waals surface area contributed by atoms with E-state index in [9.17, 15) is 14.7 Å². The Bertz CT molecular complexity index is 1190. The summed E-state index contributed by atoms with van der Waals surface area (Å²) in [6.45, 7) is 7.79. The van der Waals surface area contributed by atoms with E-state index in [2.05, 4.69) is 50.1 Å². The van der Waals surface area contributed by atoms with Gasteiger partial charge < -0.3 is 25.0 Å². The number of aryl methyl sites for hydroxylation is 1. The fraction of sp³-hybridized carbons (Fsp3) is 0.286. The van der Waals surface area contributed by atoms with Crippen molar-refractivity contribution in [1.82, 2.24) is 14.9 Å². The molecule has 1 aliphatic heterocycles. The van der Waals surface area contributed by atoms with Gasteiger partial charge in [0.05, 0.1) is 12.3 Å². The Kier molecular flexibility index (Phi) is 10.6. The molecule has 0 saturated carbocycles. The molecule has 0 atom stereocenters. The van der Waals surface area contributed by atoms with Gasteiger partial charge in [-0.05, 0) is 49.7 Å². The highest BCUT2D eigenvalue weighted by Crippen LogP contribution is 2.23. The normalized spacial score (nSPS) is 13.6. The highest BCUT2D eigenvalue weighted by Gasteiger charge is 2.16. The van der Waals surface area contributed by atoms with Crippen molar-refractivity contribution in [3.8, 4) is 22.9 Å². The molecule has 0 bridgehead atoms. The molecule has 0 amide bonds. The van der Waals surface area contributed by atoms with Crippen molar-refractivity contribution in [2.24, 2.45) is 0 Å². The smallest absolute Gasteiger partial charge is 0.328 e. The molecule has 38 heavy (non-hydrogen) atoms. The number of piperazine rings is 1. The Morgan fingerprint density at radius 1 is 0.921 bits per heavy atom. The first-order valence-corrected chi connectivity index (χ1v) is 12.2. The van der Waals surface area contributed by atoms with Crippen LogP contribution in [0.15, 0.2) is 72.8 Å². The summed E-state index contributed by atoms with van der Waals surface area (Å²) in [5.41, 5.74) is 3.04. The van der Waals surface area contributed by atoms with Crippen molar-refractivity contribution < 1.29 is 29.6 Å². The summed E-state index contributed by atoms with van der Waals surface area (Å²) in [5.74, 6) is -1.00. The summed E-state index contributed by atoms with van der Waals surface area (Å²) in [6, 6.07) is 19.5. The zero-order valence-corrected chi connectivity index (χ0v) is 21.2. The third-order valence-corrected chi connectivity index (χ3v) is 5.71. The van der Waals surface area contributed by atoms with E-state index in [0.29, 0.717) is 30.5 Å². The average Bonchev–Trinajstić information content (AvgIpc) is 2.91. The number of para-hydroxylation sites is 1. The van der Waals surface area contributed by atoms with Crippen LogP contribution in [0, 0.1) is 6.92 Å². The maximum Gasteiger partial charge on any atom is 0.328 e. The molecule has 0 unspecified atom stereocenters. The van der Waals surface area contributed by atoms with E-state index in [1.165, 1.54) is 5.69 Å². The zero-order chi connectivity index (χ0) is 27.3. The summed E-state index contributed by atoms with van der Waals surface area (Å²) in [5, 5.41) is 25.1. The number of phenolic OH excluding ortho intramolecular Hbond substituents is 1. The van der Waals surface area contributed by atoms with Gasteiger partial charge in [-0.2, -0.15) is 4.98 Å². The van der Waals surface area contributed by atoms with Crippen molar-refractivity contribution in [3.63, 3.8) is 0 Å². The predicted molar refractivity (Wildman–Crippen MR) is 143 cm³/mol. The van der Waals surface area contributed by atoms with Gasteiger partial charge in [0.2, 0.25) is 5.88 Å². The lowest BCUT2D eigenvalue weighted by atomic mass is 10.1. The van der Waals surface area contributed by atoms with Crippen molar-refractivity contribution in [2.45, 2.75) is 13.3 Å². The molecule has 1 saturated heterocycles. The van der Waals surface area contributed by atoms with Gasteiger partial charge >= 0.3 is 11.9 Å². The fourth-order valence-corrected chi connectivity index (χ4v) is 3.87. The molecule has 10 heteroatoms. The lowest BCUT2D eigenvalue weighted by Crippen LogP contribution is -2.46. The van der Waals surface area contributed by atoms with Crippen LogP contribution in [0.1, 0.15) is 12.2 Å². The Hall–Kier alpha value is -4.44. The summed E-state index contributed by atoms with van der Waals surface area (Å²) in [4.78, 5) is 32.9. The van der Waals surface area contributed by atoms with Crippen LogP contribution in [-0.4, -0.2) is 81.5 Å². The van der Waals surface area contributed by atoms with E-state index in [1.807, 2.05) is 25.1 Å². The summed E-state index contributed by atoms with van der Waals surface area (Å²) < 4.78 is 5.92. The van der Waals surface area contributed by atoms with Crippen molar-refractivity contribution in [3.05, 3.63) is 78.6 Å². The third-order valence-electron chi connectivity index (χ3n) is 5.71. The minimum absolute atomic E-state index is 0.241. The number of aliphatic carboxylic acids is 2. The number of carboxylic acids is 2. The minimum Gasteiger partial charge on any atom is -0.508 e. The molecule has 10 nitrogen and oxygen atoms in total. The van der Waals surface area contributed by atoms with Gasteiger partial charge in [-0.15, -0.1) is 0 Å². The van der Waals surface area contributed by atoms with Crippen LogP contribution in [-0.2, 0) is 9.59 Å². The number of phenols is 1. The van der Waals surface area contributed by atoms with Crippen LogP contribution in [0.2, 0.25) is 0 Å². The first kappa shape index (κ1) is 28.1. The van der Waals surface area contributed by atoms with E-state index in [1.54, 1.807) is 12.1 Å². The first-order valence-electron chi connectivity index (χ1n) is 12.2. The van der Waals surface area contributed by atoms with E-state index < -0.39 is 11.9 Å². The number of hydrogen-bond donors (Lipinski definition) is 3. The molecule has 1 aromatic heterocycles. The van der Waals surface area contributed by atoms with Gasteiger partial charge in [0, 0.05) is 62.2 Å². The van der Waals surface area contributed by atoms with Crippen molar-refractivity contribution in [2.75, 3.05) is 44.2 Å². The second kappa shape index (κ2) is 14.3. The monoisotopic (exact) mass is 520 g/mol. The van der Waals surface area contributed by atoms with E-state index in [-0.39, 0.29) is 5.75 Å². The van der Waals surface area contributed by atoms with Gasteiger partial charge in [-0.1, -0.05) is 18.2 Å². The van der Waals surface area contributed by atoms with Gasteiger partial charge in [0.25, 0.3) is 0 Å². The number of rotatable bonds is 9. The third kappa shape index (κ3) is 9.55. The molecular weight excluding hydrogens is 488 g/mol. The predicted octanol–water partition coefficient (Wildman–Crippen LogP) is 3.46. The first-order chi connectivity index (χ1) is 18.3. The van der Waals surface area contributed by atoms with Gasteiger partial charge in [0.1, 0.15) is 11.6 Å². The highest BCUT2D eigenvalue weighted by atomic mass is 16.5. The van der Waals surface area contributed by atoms with Crippen LogP contribution >= 0.6 is 0 Å². The molecule has 2 aromatic carbocycles. The largest absolute Gasteiger partial charge is 0.508 e. The van der Waals surface area contributed by atoms with E-state index in [4.69, 9.17) is 14.9 Å². The lowest BCUT2D eigenvalue weighted by molar-refractivity contribution is -0.134. The molecule has 1 aliphatic rings. The molecule has 3 N–H and O–H groups in total. The SMILES string of the molecule is Cc1nc(OCCCN2CCN(c3ccccc3)CC2)cc(-c2ccc(O)cc2)n1.O=C(O)C=CC(=O)O. The number of benzene rings is 2. The molecule has 4 rings (SSSR count). The molecular formula is C28H32N4O6. The molecule has 2 heterocycles. The van der Waals surface area contributed by atoms with Crippen molar-refractivity contribution >= 4 is 17.6 Å². The summed E-state index contributed by atoms with van der Waals surface area (Å²) >= 11 is 0. The standard InChI is InChI=1S/C24H28N4O2.C4H4O4/c1-19-25-23(20-8-10-22(29)11-9-20)18-24(26-19)30-17-5-12-27-13-15-28(16-14-27)21-6-3-2-4-7-21;5-3(6)1-2-4(7)8/h2-4,6-11,18,29H,5,12-17H2,1H3;1-2H,(H,5,6)(H,7,8). The molecule has 1 fully saturated rings. The molecule has 200 valence electrons. The molecule has 3 aromatic rings. The Morgan fingerprint density at radius 2 is 1.55 bits per heavy atom. The van der Waals surface area contributed by atoms with Gasteiger partial charge in [-0.25, -0.2) is 14.6 Å². The second-order valence-corrected chi connectivity index (χ2v) is 8.56. The average molecular weight is 521 g/mol. The molecule has 0 aliphatic carbocycles. The maximum absolute atomic E-state index is 9.55. The second-order valence-electron chi connectivity index (χ2n) is 8.56. The number of carbonyl (C=O) groups is 2. The lowest BCUT2D eigenvalue weighted by Gasteiger charge is -2.36. The Balaban J connectivity index is 0.000000436. The van der Waals surface area contributed by atoms with Crippen LogP contribution in [0.4, 0.5) is 5.69 Å². The minimum atomic E-state index is -1.26. The number of ether oxygens (including phenoxy) is 1. The number of nitrogens with zero attached hydrogens (tertiary/aromatic N) is 4.